The van der Waals surface area contributed by atoms with Crippen LogP contribution in [0.15, 0.2) is 96.6 Å². The molecule has 3 aromatic rings. The summed E-state index contributed by atoms with van der Waals surface area (Å²) in [6.07, 6.45) is 4.86. The van der Waals surface area contributed by atoms with Crippen molar-refractivity contribution in [1.29, 1.82) is 0 Å². The number of benzene rings is 3. The molecular formula is C47H51ClF4N2O5. The van der Waals surface area contributed by atoms with Gasteiger partial charge < -0.3 is 25.2 Å². The zero-order valence-electron chi connectivity index (χ0n) is 33.5. The number of Topliss-reactive ketones (excluding diaryl/α,β-unsaturated/α-hetero) is 1. The SMILES string of the molecule is C[C@@H](NC(=O)N(Cc1ccc(OC(F)(F)F)cc1)C[C@]1(O)CC[C@H]2[C@]34C=C[C@@]5(C=C3C(=O)Cc3c(F)cccc3Cl)CC(O)CC[C@]5(C)[C@H]4CC[C@@]21C)c1ccccc1. The average Bonchev–Trinajstić information content (AvgIpc) is 3.46. The maximum atomic E-state index is 15.2. The number of aliphatic hydroxyl groups is 2. The molecule has 0 saturated heterocycles. The maximum Gasteiger partial charge on any atom is 0.573 e. The van der Waals surface area contributed by atoms with E-state index in [1.165, 1.54) is 41.3 Å². The molecule has 6 aliphatic carbocycles. The lowest BCUT2D eigenvalue weighted by atomic mass is 9.32. The van der Waals surface area contributed by atoms with E-state index in [1.807, 2.05) is 37.3 Å². The smallest absolute Gasteiger partial charge is 0.406 e. The number of hydrogen-bond acceptors (Lipinski definition) is 5. The molecule has 9 atom stereocenters. The Labute approximate surface area is 347 Å². The van der Waals surface area contributed by atoms with Gasteiger partial charge in [0.15, 0.2) is 5.78 Å². The quantitative estimate of drug-likeness (QED) is 0.140. The van der Waals surface area contributed by atoms with Gasteiger partial charge in [-0.3, -0.25) is 4.79 Å². The van der Waals surface area contributed by atoms with Crippen molar-refractivity contribution in [3.05, 3.63) is 124 Å². The minimum Gasteiger partial charge on any atom is -0.406 e. The highest BCUT2D eigenvalue weighted by molar-refractivity contribution is 6.31. The number of urea groups is 1. The topological polar surface area (TPSA) is 99.1 Å². The molecule has 314 valence electrons. The van der Waals surface area contributed by atoms with E-state index in [2.05, 4.69) is 42.1 Å². The normalized spacial score (nSPS) is 33.6. The summed E-state index contributed by atoms with van der Waals surface area (Å²) in [7, 11) is 0. The zero-order chi connectivity index (χ0) is 42.2. The van der Waals surface area contributed by atoms with Gasteiger partial charge in [0.1, 0.15) is 11.6 Å². The molecule has 0 aromatic heterocycles. The molecule has 6 aliphatic rings. The van der Waals surface area contributed by atoms with Crippen LogP contribution in [0.25, 0.3) is 0 Å². The highest BCUT2D eigenvalue weighted by Crippen LogP contribution is 2.78. The van der Waals surface area contributed by atoms with E-state index in [-0.39, 0.29) is 58.9 Å². The molecule has 0 aliphatic heterocycles. The number of nitrogens with zero attached hydrogens (tertiary/aromatic N) is 1. The van der Waals surface area contributed by atoms with Gasteiger partial charge in [0.2, 0.25) is 0 Å². The molecule has 0 radical (unpaired) electrons. The van der Waals surface area contributed by atoms with E-state index >= 15 is 4.39 Å². The van der Waals surface area contributed by atoms with Crippen molar-refractivity contribution < 1.29 is 42.1 Å². The molecule has 59 heavy (non-hydrogen) atoms. The van der Waals surface area contributed by atoms with Gasteiger partial charge in [-0.05, 0) is 105 Å². The number of nitrogens with one attached hydrogen (secondary N) is 1. The average molecular weight is 835 g/mol. The molecule has 12 heteroatoms. The Kier molecular flexibility index (Phi) is 10.4. The number of hydrogen-bond donors (Lipinski definition) is 3. The van der Waals surface area contributed by atoms with E-state index in [9.17, 15) is 33.0 Å². The van der Waals surface area contributed by atoms with Crippen LogP contribution < -0.4 is 10.1 Å². The van der Waals surface area contributed by atoms with E-state index in [4.69, 9.17) is 11.6 Å². The van der Waals surface area contributed by atoms with Gasteiger partial charge in [0, 0.05) is 45.4 Å². The van der Waals surface area contributed by atoms with Gasteiger partial charge in [-0.2, -0.15) is 0 Å². The summed E-state index contributed by atoms with van der Waals surface area (Å²) < 4.78 is 58.2. The highest BCUT2D eigenvalue weighted by Gasteiger charge is 2.74. The number of amides is 2. The molecule has 3 fully saturated rings. The van der Waals surface area contributed by atoms with Crippen LogP contribution in [-0.4, -0.2) is 51.5 Å². The molecule has 9 rings (SSSR count). The summed E-state index contributed by atoms with van der Waals surface area (Å²) >= 11 is 6.48. The van der Waals surface area contributed by atoms with Crippen LogP contribution in [0.3, 0.4) is 0 Å². The highest BCUT2D eigenvalue weighted by atomic mass is 35.5. The monoisotopic (exact) mass is 834 g/mol. The van der Waals surface area contributed by atoms with Crippen molar-refractivity contribution in [3.63, 3.8) is 0 Å². The van der Waals surface area contributed by atoms with Crippen molar-refractivity contribution in [3.8, 4) is 5.75 Å². The van der Waals surface area contributed by atoms with E-state index in [0.717, 1.165) is 12.0 Å². The molecule has 3 aromatic carbocycles. The molecule has 2 spiro atoms. The van der Waals surface area contributed by atoms with Crippen LogP contribution >= 0.6 is 11.6 Å². The Morgan fingerprint density at radius 1 is 0.932 bits per heavy atom. The zero-order valence-corrected chi connectivity index (χ0v) is 34.3. The van der Waals surface area contributed by atoms with E-state index in [0.29, 0.717) is 49.7 Å². The van der Waals surface area contributed by atoms with Crippen LogP contribution in [0.1, 0.15) is 88.4 Å². The fraction of sp³-hybridized carbons (Fsp3) is 0.489. The van der Waals surface area contributed by atoms with Crippen LogP contribution in [0.2, 0.25) is 5.02 Å². The Balaban J connectivity index is 1.15. The van der Waals surface area contributed by atoms with Crippen LogP contribution in [0.4, 0.5) is 22.4 Å². The Morgan fingerprint density at radius 2 is 1.61 bits per heavy atom. The maximum absolute atomic E-state index is 15.2. The van der Waals surface area contributed by atoms with Gasteiger partial charge in [0.05, 0.1) is 24.3 Å². The number of ketones is 1. The minimum absolute atomic E-state index is 0.00322. The predicted octanol–water partition coefficient (Wildman–Crippen LogP) is 10.1. The second kappa shape index (κ2) is 14.8. The van der Waals surface area contributed by atoms with Crippen molar-refractivity contribution in [2.45, 2.75) is 103 Å². The fourth-order valence-corrected chi connectivity index (χ4v) is 12.5. The fourth-order valence-electron chi connectivity index (χ4n) is 12.2. The van der Waals surface area contributed by atoms with Gasteiger partial charge in [-0.15, -0.1) is 13.2 Å². The van der Waals surface area contributed by atoms with Crippen LogP contribution in [0.5, 0.6) is 5.75 Å². The number of rotatable bonds is 10. The third-order valence-electron chi connectivity index (χ3n) is 15.3. The Hall–Kier alpha value is -4.19. The first kappa shape index (κ1) is 41.5. The number of carbonyl (C=O) groups excluding carboxylic acids is 2. The first-order valence-corrected chi connectivity index (χ1v) is 21.0. The minimum atomic E-state index is -4.86. The molecule has 2 amide bonds. The van der Waals surface area contributed by atoms with Gasteiger partial charge in [0.25, 0.3) is 0 Å². The second-order valence-corrected chi connectivity index (χ2v) is 18.6. The van der Waals surface area contributed by atoms with Crippen molar-refractivity contribution in [2.75, 3.05) is 6.54 Å². The van der Waals surface area contributed by atoms with Crippen molar-refractivity contribution in [1.82, 2.24) is 10.2 Å². The number of halogens is 5. The van der Waals surface area contributed by atoms with E-state index < -0.39 is 52.2 Å². The predicted molar refractivity (Wildman–Crippen MR) is 216 cm³/mol. The molecular weight excluding hydrogens is 784 g/mol. The first-order chi connectivity index (χ1) is 27.8. The first-order valence-electron chi connectivity index (χ1n) is 20.6. The number of ether oxygens (including phenoxy) is 1. The summed E-state index contributed by atoms with van der Waals surface area (Å²) in [6, 6.07) is 18.3. The summed E-state index contributed by atoms with van der Waals surface area (Å²) in [6.45, 7) is 6.12. The summed E-state index contributed by atoms with van der Waals surface area (Å²) in [5.74, 6) is -1.42. The summed E-state index contributed by atoms with van der Waals surface area (Å²) in [4.78, 5) is 30.7. The van der Waals surface area contributed by atoms with Crippen molar-refractivity contribution in [2.24, 2.45) is 33.5 Å². The number of aliphatic hydroxyl groups excluding tert-OH is 1. The Morgan fingerprint density at radius 3 is 2.31 bits per heavy atom. The molecule has 7 nitrogen and oxygen atoms in total. The summed E-state index contributed by atoms with van der Waals surface area (Å²) in [5.41, 5.74) is -1.78. The van der Waals surface area contributed by atoms with Gasteiger partial charge in [-0.1, -0.05) is 92.2 Å². The number of allylic oxidation sites excluding steroid dienone is 4. The Bertz CT molecular complexity index is 2160. The van der Waals surface area contributed by atoms with Crippen molar-refractivity contribution >= 4 is 23.4 Å². The molecule has 2 bridgehead atoms. The second-order valence-electron chi connectivity index (χ2n) is 18.2. The number of alkyl halides is 3. The van der Waals surface area contributed by atoms with Crippen LogP contribution in [0, 0.1) is 39.3 Å². The molecule has 3 N–H and O–H groups in total. The number of carbonyl (C=O) groups is 2. The molecule has 1 unspecified atom stereocenters. The lowest BCUT2D eigenvalue weighted by Crippen LogP contribution is -2.67. The van der Waals surface area contributed by atoms with Crippen LogP contribution in [-0.2, 0) is 17.8 Å². The molecule has 0 heterocycles. The van der Waals surface area contributed by atoms with Gasteiger partial charge in [-0.25, -0.2) is 9.18 Å². The van der Waals surface area contributed by atoms with Gasteiger partial charge >= 0.3 is 12.4 Å². The number of fused-ring (bicyclic) bond motifs is 1. The third-order valence-corrected chi connectivity index (χ3v) is 15.7. The largest absolute Gasteiger partial charge is 0.573 e. The lowest BCUT2D eigenvalue weighted by molar-refractivity contribution is -0.274. The standard InChI is InChI=1S/C47H51ClF4N2O5/c1-29(31-8-5-4-6-9-31)53-41(57)54(27-30-12-14-33(15-13-30)59-47(50,51)52)28-45(58)21-18-40-43(45,3)20-17-39-42(2)19-16-32(55)25-44(42)22-23-46(39,40)35(26-44)38(56)24-34-36(48)10-7-11-37(34)49/h4-15,22-23,26,29,32,39-40,55,58H,16-21,24-25,27-28H2,1-3H3,(H,53,57)/t29-,32?,39-,40-,42-,43+,44+,45-,46-/m1/s1. The third kappa shape index (κ3) is 6.89. The summed E-state index contributed by atoms with van der Waals surface area (Å²) in [5, 5.41) is 27.4. The van der Waals surface area contributed by atoms with E-state index in [1.54, 1.807) is 6.07 Å². The molecule has 3 saturated carbocycles. The lowest BCUT2D eigenvalue weighted by Gasteiger charge is -2.71.